The Kier molecular flexibility index (Phi) is 24.9. The molecule has 1 aromatic heterocycles. The molecule has 0 spiro atoms. The van der Waals surface area contributed by atoms with Crippen LogP contribution in [0.2, 0.25) is 0 Å². The van der Waals surface area contributed by atoms with Gasteiger partial charge < -0.3 is 36.1 Å². The van der Waals surface area contributed by atoms with Crippen LogP contribution in [-0.4, -0.2) is 151 Å². The van der Waals surface area contributed by atoms with E-state index >= 15 is 0 Å². The molecular weight excluding hydrogens is 897 g/mol. The average Bonchev–Trinajstić information content (AvgIpc) is 3.96. The summed E-state index contributed by atoms with van der Waals surface area (Å²) in [5.41, 5.74) is 18.0. The number of aromatic amines is 1. The minimum absolute atomic E-state index is 0.0110. The third-order valence-electron chi connectivity index (χ3n) is 14.0. The maximum absolute atomic E-state index is 14.5. The molecule has 1 saturated heterocycles. The second kappa shape index (κ2) is 29.4. The summed E-state index contributed by atoms with van der Waals surface area (Å²) >= 11 is 0. The third-order valence-corrected chi connectivity index (χ3v) is 14.0. The second-order valence-electron chi connectivity index (χ2n) is 19.8. The molecular formula is C51H86N10O9. The number of carbonyl (C=O) groups is 7. The molecule has 0 bridgehead atoms. The summed E-state index contributed by atoms with van der Waals surface area (Å²) in [6.07, 6.45) is 5.86. The van der Waals surface area contributed by atoms with Gasteiger partial charge in [-0.05, 0) is 88.7 Å². The fourth-order valence-corrected chi connectivity index (χ4v) is 10.2. The summed E-state index contributed by atoms with van der Waals surface area (Å²) in [5.74, 6) is -4.01. The number of ether oxygens (including phenoxy) is 2. The molecule has 394 valence electrons. The lowest BCUT2D eigenvalue weighted by Crippen LogP contribution is -2.60. The minimum Gasteiger partial charge on any atom is -0.379 e. The molecule has 0 radical (unpaired) electrons. The molecule has 1 aliphatic heterocycles. The van der Waals surface area contributed by atoms with E-state index in [2.05, 4.69) is 33.4 Å². The van der Waals surface area contributed by atoms with Gasteiger partial charge in [-0.1, -0.05) is 79.5 Å². The van der Waals surface area contributed by atoms with Gasteiger partial charge in [-0.15, -0.1) is 0 Å². The van der Waals surface area contributed by atoms with Crippen molar-refractivity contribution in [2.45, 2.75) is 162 Å². The number of hydrogen-bond donors (Lipinski definition) is 7. The number of imide groups is 1. The number of methoxy groups -OCH3 is 2. The Morgan fingerprint density at radius 1 is 0.843 bits per heavy atom. The monoisotopic (exact) mass is 983 g/mol. The van der Waals surface area contributed by atoms with Crippen LogP contribution in [0, 0.1) is 23.7 Å². The van der Waals surface area contributed by atoms with E-state index in [0.717, 1.165) is 29.3 Å². The van der Waals surface area contributed by atoms with E-state index in [-0.39, 0.29) is 54.7 Å². The van der Waals surface area contributed by atoms with Crippen LogP contribution in [0.15, 0.2) is 30.5 Å². The van der Waals surface area contributed by atoms with Crippen molar-refractivity contribution in [1.29, 1.82) is 0 Å². The summed E-state index contributed by atoms with van der Waals surface area (Å²) in [6, 6.07) is 4.40. The molecule has 2 aromatic rings. The van der Waals surface area contributed by atoms with Gasteiger partial charge in [-0.3, -0.25) is 59.5 Å². The fraction of sp³-hybridized carbons (Fsp3) is 0.706. The number of para-hydroxylation sites is 1. The van der Waals surface area contributed by atoms with Crippen LogP contribution in [0.5, 0.6) is 0 Å². The van der Waals surface area contributed by atoms with Gasteiger partial charge in [-0.2, -0.15) is 0 Å². The number of hydrogen-bond acceptors (Lipinski definition) is 12. The topological polar surface area (TPSA) is 264 Å². The number of benzene rings is 1. The zero-order valence-corrected chi connectivity index (χ0v) is 43.8. The van der Waals surface area contributed by atoms with E-state index in [1.54, 1.807) is 26.0 Å². The van der Waals surface area contributed by atoms with Crippen LogP contribution < -0.4 is 33.0 Å². The van der Waals surface area contributed by atoms with Crippen LogP contribution in [-0.2, 0) is 49.5 Å². The number of amides is 7. The molecule has 0 aliphatic carbocycles. The van der Waals surface area contributed by atoms with Gasteiger partial charge >= 0.3 is 0 Å². The van der Waals surface area contributed by atoms with E-state index < -0.39 is 72.0 Å². The Balaban J connectivity index is 1.69. The highest BCUT2D eigenvalue weighted by molar-refractivity contribution is 6.00. The van der Waals surface area contributed by atoms with Gasteiger partial charge in [0.15, 0.2) is 0 Å². The first-order valence-corrected chi connectivity index (χ1v) is 25.3. The minimum atomic E-state index is -0.973. The number of fused-ring (bicyclic) bond motifs is 1. The molecule has 2 heterocycles. The summed E-state index contributed by atoms with van der Waals surface area (Å²) in [6.45, 7) is 14.9. The number of hydrazine groups is 1. The highest BCUT2D eigenvalue weighted by Crippen LogP contribution is 2.31. The van der Waals surface area contributed by atoms with Crippen LogP contribution in [0.1, 0.15) is 118 Å². The first kappa shape index (κ1) is 59.4. The number of primary amides is 1. The van der Waals surface area contributed by atoms with E-state index in [1.165, 1.54) is 7.11 Å². The van der Waals surface area contributed by atoms with Crippen molar-refractivity contribution in [2.75, 3.05) is 47.9 Å². The first-order chi connectivity index (χ1) is 33.2. The summed E-state index contributed by atoms with van der Waals surface area (Å²) in [4.78, 5) is 102. The zero-order chi connectivity index (χ0) is 52.2. The Labute approximate surface area is 415 Å². The van der Waals surface area contributed by atoms with Crippen molar-refractivity contribution < 1.29 is 43.0 Å². The predicted molar refractivity (Wildman–Crippen MR) is 270 cm³/mol. The highest BCUT2D eigenvalue weighted by Gasteiger charge is 2.44. The number of aromatic nitrogens is 1. The summed E-state index contributed by atoms with van der Waals surface area (Å²) in [7, 11) is 6.69. The Morgan fingerprint density at radius 3 is 2.06 bits per heavy atom. The standard InChI is InChI=1S/C51H86N10O9/c1-12-33(6)46(60(9)45(32(4)5)51(68)56-50(67)44(31(2)3)59(8)26-19-24-42(63)58-57-41(62)23-14-13-17-25-52)40(69-10)29-43(64)61-27-18-22-39(61)47(70-11)34(7)49(66)55-38(48(53)65)28-35-30-54-37-21-16-15-20-36(35)37/h15-16,20-21,30-34,38-40,44-47,54H,12-14,17-19,22-29,52H2,1-11H3,(H2,53,65)(H,55,66)(H,57,62)(H,58,63)(H,56,67,68)/t33-,34+,38-,39-,40+,44-,45-,46-,47+/m0/s1. The molecule has 7 amide bonds. The number of carbonyl (C=O) groups excluding carboxylic acids is 7. The average molecular weight is 983 g/mol. The third kappa shape index (κ3) is 16.8. The molecule has 70 heavy (non-hydrogen) atoms. The van der Waals surface area contributed by atoms with E-state index in [4.69, 9.17) is 20.9 Å². The van der Waals surface area contributed by atoms with Crippen molar-refractivity contribution in [3.05, 3.63) is 36.0 Å². The van der Waals surface area contributed by atoms with E-state index in [9.17, 15) is 33.6 Å². The van der Waals surface area contributed by atoms with Crippen LogP contribution >= 0.6 is 0 Å². The number of nitrogens with one attached hydrogen (secondary N) is 5. The van der Waals surface area contributed by atoms with E-state index in [1.807, 2.05) is 81.9 Å². The molecule has 9 N–H and O–H groups in total. The zero-order valence-electron chi connectivity index (χ0n) is 43.8. The predicted octanol–water partition coefficient (Wildman–Crippen LogP) is 3.14. The second-order valence-corrected chi connectivity index (χ2v) is 19.8. The Hall–Kier alpha value is -4.95. The number of likely N-dealkylation sites (tertiary alicyclic amines) is 1. The van der Waals surface area contributed by atoms with Crippen LogP contribution in [0.4, 0.5) is 0 Å². The van der Waals surface area contributed by atoms with Gasteiger partial charge in [0, 0.05) is 63.2 Å². The largest absolute Gasteiger partial charge is 0.379 e. The van der Waals surface area contributed by atoms with Crippen molar-refractivity contribution in [3.63, 3.8) is 0 Å². The number of H-pyrrole nitrogens is 1. The smallest absolute Gasteiger partial charge is 0.244 e. The molecule has 1 aliphatic rings. The molecule has 9 atom stereocenters. The number of nitrogens with zero attached hydrogens (tertiary/aromatic N) is 3. The Morgan fingerprint density at radius 2 is 1.47 bits per heavy atom. The van der Waals surface area contributed by atoms with Crippen molar-refractivity contribution in [1.82, 2.24) is 41.2 Å². The maximum atomic E-state index is 14.5. The Bertz CT molecular complexity index is 2010. The van der Waals surface area contributed by atoms with Crippen molar-refractivity contribution >= 4 is 52.3 Å². The lowest BCUT2D eigenvalue weighted by Gasteiger charge is -2.43. The summed E-state index contributed by atoms with van der Waals surface area (Å²) < 4.78 is 12.1. The molecule has 19 nitrogen and oxygen atoms in total. The molecule has 19 heteroatoms. The lowest BCUT2D eigenvalue weighted by atomic mass is 9.87. The highest BCUT2D eigenvalue weighted by atomic mass is 16.5. The van der Waals surface area contributed by atoms with Gasteiger partial charge in [0.25, 0.3) is 0 Å². The van der Waals surface area contributed by atoms with Crippen LogP contribution in [0.3, 0.4) is 0 Å². The fourth-order valence-electron chi connectivity index (χ4n) is 10.2. The number of unbranched alkanes of at least 4 members (excludes halogenated alkanes) is 2. The number of rotatable bonds is 30. The molecule has 0 unspecified atom stereocenters. The van der Waals surface area contributed by atoms with E-state index in [0.29, 0.717) is 58.2 Å². The lowest BCUT2D eigenvalue weighted by molar-refractivity contribution is -0.144. The van der Waals surface area contributed by atoms with Gasteiger partial charge in [0.05, 0.1) is 42.7 Å². The number of nitrogens with two attached hydrogens (primary N) is 2. The van der Waals surface area contributed by atoms with Crippen LogP contribution in [0.25, 0.3) is 10.9 Å². The summed E-state index contributed by atoms with van der Waals surface area (Å²) in [5, 5.41) is 6.50. The molecule has 3 rings (SSSR count). The quantitative estimate of drug-likeness (QED) is 0.0440. The SMILES string of the molecule is CC[C@H](C)[C@@H]([C@@H](CC(=O)N1CCC[C@H]1[C@H](OC)[C@@H](C)C(=O)N[C@@H](Cc1c[nH]c2ccccc12)C(N)=O)OC)N(C)[C@H](C(=O)NC(=O)[C@H](C(C)C)N(C)CCCC(=O)NNC(=O)CCCCCN)C(C)C. The normalized spacial score (nSPS) is 17.5. The van der Waals surface area contributed by atoms with Gasteiger partial charge in [0.1, 0.15) is 6.04 Å². The van der Waals surface area contributed by atoms with Gasteiger partial charge in [0.2, 0.25) is 41.4 Å². The maximum Gasteiger partial charge on any atom is 0.244 e. The molecule has 1 fully saturated rings. The van der Waals surface area contributed by atoms with Gasteiger partial charge in [-0.25, -0.2) is 0 Å². The van der Waals surface area contributed by atoms with Crippen molar-refractivity contribution in [2.24, 2.45) is 35.1 Å². The number of likely N-dealkylation sites (N-methyl/N-ethyl adjacent to an activating group) is 2. The first-order valence-electron chi connectivity index (χ1n) is 25.3. The molecule has 1 aromatic carbocycles. The molecule has 0 saturated carbocycles. The van der Waals surface area contributed by atoms with Crippen molar-refractivity contribution in [3.8, 4) is 0 Å².